The molecule has 0 atom stereocenters. The molecule has 0 aliphatic rings. The average Bonchev–Trinajstić information content (AvgIpc) is 2.17. The van der Waals surface area contributed by atoms with E-state index in [2.05, 4.69) is 20.7 Å². The zero-order valence-electron chi connectivity index (χ0n) is 8.07. The molecular formula is C9H8BrClN2O2S. The molecule has 0 unspecified atom stereocenters. The van der Waals surface area contributed by atoms with Crippen LogP contribution in [0.5, 0.6) is 0 Å². The summed E-state index contributed by atoms with van der Waals surface area (Å²) in [6.45, 7) is 0. The number of sulfonamides is 1. The molecule has 0 spiro atoms. The fourth-order valence-electron chi connectivity index (χ4n) is 1.02. The summed E-state index contributed by atoms with van der Waals surface area (Å²) in [5, 5.41) is 8.81. The number of nitrogens with zero attached hydrogens (tertiary/aromatic N) is 1. The Balaban J connectivity index is 3.06. The number of halogens is 2. The fraction of sp³-hybridized carbons (Fsp3) is 0.222. The van der Waals surface area contributed by atoms with Crippen molar-refractivity contribution >= 4 is 43.2 Å². The van der Waals surface area contributed by atoms with Gasteiger partial charge in [-0.15, -0.1) is 11.6 Å². The summed E-state index contributed by atoms with van der Waals surface area (Å²) in [4.78, 5) is 0. The molecule has 1 rings (SSSR count). The first-order valence-corrected chi connectivity index (χ1v) is 7.22. The van der Waals surface area contributed by atoms with Crippen LogP contribution in [0.15, 0.2) is 22.7 Å². The van der Waals surface area contributed by atoms with Crippen molar-refractivity contribution < 1.29 is 8.42 Å². The molecule has 1 N–H and O–H groups in total. The third-order valence-electron chi connectivity index (χ3n) is 1.71. The van der Waals surface area contributed by atoms with Gasteiger partial charge < -0.3 is 0 Å². The molecule has 7 heteroatoms. The van der Waals surface area contributed by atoms with Crippen LogP contribution in [-0.4, -0.2) is 20.1 Å². The number of anilines is 1. The van der Waals surface area contributed by atoms with Gasteiger partial charge in [0.15, 0.2) is 0 Å². The van der Waals surface area contributed by atoms with E-state index in [0.29, 0.717) is 4.47 Å². The van der Waals surface area contributed by atoms with Gasteiger partial charge in [0.05, 0.1) is 17.0 Å². The Morgan fingerprint density at radius 3 is 2.75 bits per heavy atom. The highest BCUT2D eigenvalue weighted by molar-refractivity contribution is 9.10. The number of alkyl halides is 1. The van der Waals surface area contributed by atoms with Gasteiger partial charge in [-0.3, -0.25) is 4.72 Å². The van der Waals surface area contributed by atoms with Crippen LogP contribution >= 0.6 is 27.5 Å². The number of nitrogens with one attached hydrogen (secondary N) is 1. The van der Waals surface area contributed by atoms with Gasteiger partial charge in [0.1, 0.15) is 6.07 Å². The van der Waals surface area contributed by atoms with Crippen molar-refractivity contribution in [2.45, 2.75) is 0 Å². The molecule has 1 aromatic carbocycles. The van der Waals surface area contributed by atoms with E-state index < -0.39 is 10.0 Å². The molecule has 0 amide bonds. The van der Waals surface area contributed by atoms with Crippen molar-refractivity contribution in [1.29, 1.82) is 5.26 Å². The van der Waals surface area contributed by atoms with Gasteiger partial charge in [-0.05, 0) is 18.2 Å². The maximum atomic E-state index is 11.5. The van der Waals surface area contributed by atoms with Crippen molar-refractivity contribution in [2.75, 3.05) is 16.4 Å². The van der Waals surface area contributed by atoms with E-state index in [0.717, 1.165) is 0 Å². The summed E-state index contributed by atoms with van der Waals surface area (Å²) in [6.07, 6.45) is 0. The van der Waals surface area contributed by atoms with Crippen molar-refractivity contribution in [2.24, 2.45) is 0 Å². The molecule has 1 aromatic rings. The summed E-state index contributed by atoms with van der Waals surface area (Å²) >= 11 is 8.57. The lowest BCUT2D eigenvalue weighted by atomic mass is 10.2. The molecule has 0 fully saturated rings. The zero-order valence-corrected chi connectivity index (χ0v) is 11.2. The van der Waals surface area contributed by atoms with Crippen LogP contribution in [0.4, 0.5) is 5.69 Å². The van der Waals surface area contributed by atoms with E-state index in [4.69, 9.17) is 16.9 Å². The Hall–Kier alpha value is -0.770. The van der Waals surface area contributed by atoms with E-state index in [9.17, 15) is 8.42 Å². The molecule has 4 nitrogen and oxygen atoms in total. The molecule has 0 heterocycles. The molecule has 0 aromatic heterocycles. The van der Waals surface area contributed by atoms with Crippen LogP contribution in [0.2, 0.25) is 0 Å². The van der Waals surface area contributed by atoms with Crippen LogP contribution < -0.4 is 4.72 Å². The summed E-state index contributed by atoms with van der Waals surface area (Å²) in [5.41, 5.74) is 0.517. The van der Waals surface area contributed by atoms with Gasteiger partial charge in [-0.2, -0.15) is 5.26 Å². The lowest BCUT2D eigenvalue weighted by molar-refractivity contribution is 0.602. The maximum absolute atomic E-state index is 11.5. The predicted octanol–water partition coefficient (Wildman–Crippen LogP) is 2.30. The highest BCUT2D eigenvalue weighted by Gasteiger charge is 2.12. The van der Waals surface area contributed by atoms with Crippen LogP contribution in [0, 0.1) is 11.3 Å². The second-order valence-electron chi connectivity index (χ2n) is 2.91. The Labute approximate surface area is 107 Å². The molecule has 0 aliphatic carbocycles. The van der Waals surface area contributed by atoms with E-state index in [1.165, 1.54) is 12.1 Å². The van der Waals surface area contributed by atoms with E-state index in [1.54, 1.807) is 6.07 Å². The second kappa shape index (κ2) is 5.53. The predicted molar refractivity (Wildman–Crippen MR) is 67.0 cm³/mol. The van der Waals surface area contributed by atoms with Crippen LogP contribution in [0.1, 0.15) is 5.56 Å². The summed E-state index contributed by atoms with van der Waals surface area (Å²) in [5.74, 6) is -0.183. The lowest BCUT2D eigenvalue weighted by Gasteiger charge is -2.08. The van der Waals surface area contributed by atoms with Gasteiger partial charge in [0.25, 0.3) is 0 Å². The normalized spacial score (nSPS) is 10.8. The third kappa shape index (κ3) is 3.67. The smallest absolute Gasteiger partial charge is 0.233 e. The topological polar surface area (TPSA) is 70.0 Å². The number of nitriles is 1. The quantitative estimate of drug-likeness (QED) is 0.864. The maximum Gasteiger partial charge on any atom is 0.233 e. The van der Waals surface area contributed by atoms with Crippen molar-refractivity contribution in [1.82, 2.24) is 0 Å². The summed E-state index contributed by atoms with van der Waals surface area (Å²) in [6, 6.07) is 6.63. The molecular weight excluding hydrogens is 316 g/mol. The minimum absolute atomic E-state index is 0.00518. The standard InChI is InChI=1S/C9H8BrClN2O2S/c10-8-2-1-7(6-12)9(5-8)13-16(14,15)4-3-11/h1-2,5,13H,3-4H2. The second-order valence-corrected chi connectivity index (χ2v) is 6.05. The van der Waals surface area contributed by atoms with Gasteiger partial charge in [0.2, 0.25) is 10.0 Å². The minimum atomic E-state index is -3.49. The fourth-order valence-corrected chi connectivity index (χ4v) is 2.80. The number of hydrogen-bond acceptors (Lipinski definition) is 3. The van der Waals surface area contributed by atoms with E-state index in [-0.39, 0.29) is 22.9 Å². The van der Waals surface area contributed by atoms with Gasteiger partial charge in [0, 0.05) is 10.4 Å². The minimum Gasteiger partial charge on any atom is -0.282 e. The first kappa shape index (κ1) is 13.3. The van der Waals surface area contributed by atoms with Crippen molar-refractivity contribution in [3.63, 3.8) is 0 Å². The third-order valence-corrected chi connectivity index (χ3v) is 3.89. The first-order chi connectivity index (χ1) is 7.48. The zero-order chi connectivity index (χ0) is 12.2. The Morgan fingerprint density at radius 2 is 2.19 bits per heavy atom. The van der Waals surface area contributed by atoms with Gasteiger partial charge in [-0.1, -0.05) is 15.9 Å². The number of hydrogen-bond donors (Lipinski definition) is 1. The van der Waals surface area contributed by atoms with Crippen LogP contribution in [-0.2, 0) is 10.0 Å². The molecule has 0 bridgehead atoms. The summed E-state index contributed by atoms with van der Waals surface area (Å²) in [7, 11) is -3.49. The Kier molecular flexibility index (Phi) is 4.59. The SMILES string of the molecule is N#Cc1ccc(Br)cc1NS(=O)(=O)CCCl. The van der Waals surface area contributed by atoms with E-state index >= 15 is 0 Å². The largest absolute Gasteiger partial charge is 0.282 e. The van der Waals surface area contributed by atoms with Crippen LogP contribution in [0.3, 0.4) is 0 Å². The molecule has 0 radical (unpaired) electrons. The Morgan fingerprint density at radius 1 is 1.50 bits per heavy atom. The lowest BCUT2D eigenvalue weighted by Crippen LogP contribution is -2.18. The molecule has 0 aliphatic heterocycles. The van der Waals surface area contributed by atoms with Crippen molar-refractivity contribution in [3.05, 3.63) is 28.2 Å². The summed E-state index contributed by atoms with van der Waals surface area (Å²) < 4.78 is 25.9. The van der Waals surface area contributed by atoms with Gasteiger partial charge >= 0.3 is 0 Å². The highest BCUT2D eigenvalue weighted by Crippen LogP contribution is 2.21. The van der Waals surface area contributed by atoms with Crippen LogP contribution in [0.25, 0.3) is 0 Å². The molecule has 86 valence electrons. The molecule has 16 heavy (non-hydrogen) atoms. The molecule has 0 saturated carbocycles. The number of benzene rings is 1. The van der Waals surface area contributed by atoms with Gasteiger partial charge in [-0.25, -0.2) is 8.42 Å². The number of rotatable bonds is 4. The molecule has 0 saturated heterocycles. The first-order valence-electron chi connectivity index (χ1n) is 4.24. The Bertz CT molecular complexity index is 525. The van der Waals surface area contributed by atoms with E-state index in [1.807, 2.05) is 6.07 Å². The highest BCUT2D eigenvalue weighted by atomic mass is 79.9. The van der Waals surface area contributed by atoms with Crippen molar-refractivity contribution in [3.8, 4) is 6.07 Å². The monoisotopic (exact) mass is 322 g/mol. The average molecular weight is 324 g/mol.